The SMILES string of the molecule is COCN(C)C(=O)c1cc(F)c2ncccc2c1. The third-order valence-electron chi connectivity index (χ3n) is 2.57. The van der Waals surface area contributed by atoms with Crippen LogP contribution in [0.4, 0.5) is 4.39 Å². The molecule has 0 aliphatic heterocycles. The van der Waals surface area contributed by atoms with Crippen LogP contribution in [-0.4, -0.2) is 36.7 Å². The zero-order valence-corrected chi connectivity index (χ0v) is 10.2. The molecule has 0 N–H and O–H groups in total. The van der Waals surface area contributed by atoms with E-state index >= 15 is 0 Å². The van der Waals surface area contributed by atoms with Gasteiger partial charge in [0.25, 0.3) is 5.91 Å². The van der Waals surface area contributed by atoms with Crippen molar-refractivity contribution in [3.63, 3.8) is 0 Å². The van der Waals surface area contributed by atoms with E-state index in [1.807, 2.05) is 0 Å². The van der Waals surface area contributed by atoms with Gasteiger partial charge in [-0.25, -0.2) is 4.39 Å². The first-order valence-electron chi connectivity index (χ1n) is 5.42. The minimum absolute atomic E-state index is 0.158. The molecule has 0 spiro atoms. The number of carbonyl (C=O) groups excluding carboxylic acids is 1. The lowest BCUT2D eigenvalue weighted by molar-refractivity contribution is 0.0507. The molecule has 1 heterocycles. The lowest BCUT2D eigenvalue weighted by Crippen LogP contribution is -2.28. The van der Waals surface area contributed by atoms with Crippen molar-refractivity contribution in [3.8, 4) is 0 Å². The second-order valence-electron chi connectivity index (χ2n) is 3.95. The fourth-order valence-electron chi connectivity index (χ4n) is 1.74. The Morgan fingerprint density at radius 3 is 3.00 bits per heavy atom. The molecule has 94 valence electrons. The Labute approximate surface area is 104 Å². The molecule has 0 bridgehead atoms. The molecule has 1 aromatic heterocycles. The second-order valence-corrected chi connectivity index (χ2v) is 3.95. The summed E-state index contributed by atoms with van der Waals surface area (Å²) < 4.78 is 18.7. The highest BCUT2D eigenvalue weighted by Crippen LogP contribution is 2.18. The molecule has 2 aromatic rings. The Morgan fingerprint density at radius 1 is 1.50 bits per heavy atom. The first kappa shape index (κ1) is 12.4. The molecule has 2 rings (SSSR count). The van der Waals surface area contributed by atoms with Gasteiger partial charge in [0.1, 0.15) is 18.1 Å². The van der Waals surface area contributed by atoms with E-state index < -0.39 is 5.82 Å². The minimum Gasteiger partial charge on any atom is -0.364 e. The summed E-state index contributed by atoms with van der Waals surface area (Å²) >= 11 is 0. The van der Waals surface area contributed by atoms with Crippen LogP contribution < -0.4 is 0 Å². The van der Waals surface area contributed by atoms with Crippen molar-refractivity contribution in [2.45, 2.75) is 0 Å². The van der Waals surface area contributed by atoms with Gasteiger partial charge in [0.2, 0.25) is 0 Å². The number of fused-ring (bicyclic) bond motifs is 1. The van der Waals surface area contributed by atoms with E-state index in [0.29, 0.717) is 5.39 Å². The number of aromatic nitrogens is 1. The molecule has 5 heteroatoms. The first-order valence-corrected chi connectivity index (χ1v) is 5.42. The van der Waals surface area contributed by atoms with Gasteiger partial charge in [-0.05, 0) is 18.2 Å². The van der Waals surface area contributed by atoms with Crippen LogP contribution in [0, 0.1) is 5.82 Å². The van der Waals surface area contributed by atoms with Crippen LogP contribution in [-0.2, 0) is 4.74 Å². The summed E-state index contributed by atoms with van der Waals surface area (Å²) in [5.41, 5.74) is 0.552. The number of benzene rings is 1. The summed E-state index contributed by atoms with van der Waals surface area (Å²) in [6.45, 7) is 0.158. The van der Waals surface area contributed by atoms with Crippen molar-refractivity contribution >= 4 is 16.8 Å². The molecule has 0 aliphatic rings. The molecular formula is C13H13FN2O2. The largest absolute Gasteiger partial charge is 0.364 e. The zero-order valence-electron chi connectivity index (χ0n) is 10.2. The van der Waals surface area contributed by atoms with Crippen LogP contribution in [0.1, 0.15) is 10.4 Å². The number of halogens is 1. The van der Waals surface area contributed by atoms with E-state index in [0.717, 1.165) is 0 Å². The summed E-state index contributed by atoms with van der Waals surface area (Å²) in [5.74, 6) is -0.788. The average Bonchev–Trinajstić information content (AvgIpc) is 2.38. The maximum absolute atomic E-state index is 13.8. The van der Waals surface area contributed by atoms with Crippen LogP contribution in [0.15, 0.2) is 30.5 Å². The molecule has 0 unspecified atom stereocenters. The van der Waals surface area contributed by atoms with Crippen molar-refractivity contribution in [1.82, 2.24) is 9.88 Å². The summed E-state index contributed by atoms with van der Waals surface area (Å²) in [4.78, 5) is 17.3. The summed E-state index contributed by atoms with van der Waals surface area (Å²) in [5, 5.41) is 0.603. The maximum atomic E-state index is 13.8. The normalized spacial score (nSPS) is 10.6. The first-order chi connectivity index (χ1) is 8.63. The van der Waals surface area contributed by atoms with Crippen molar-refractivity contribution in [2.75, 3.05) is 20.9 Å². The van der Waals surface area contributed by atoms with E-state index in [1.165, 1.54) is 24.3 Å². The van der Waals surface area contributed by atoms with Gasteiger partial charge in [0.15, 0.2) is 0 Å². The molecule has 0 aliphatic carbocycles. The van der Waals surface area contributed by atoms with E-state index in [4.69, 9.17) is 4.74 Å². The van der Waals surface area contributed by atoms with Gasteiger partial charge in [0, 0.05) is 31.3 Å². The van der Waals surface area contributed by atoms with E-state index in [-0.39, 0.29) is 23.7 Å². The van der Waals surface area contributed by atoms with E-state index in [1.54, 1.807) is 25.2 Å². The Morgan fingerprint density at radius 2 is 2.28 bits per heavy atom. The average molecular weight is 248 g/mol. The van der Waals surface area contributed by atoms with Gasteiger partial charge < -0.3 is 9.64 Å². The predicted molar refractivity (Wildman–Crippen MR) is 65.7 cm³/mol. The summed E-state index contributed by atoms with van der Waals surface area (Å²) in [6.07, 6.45) is 1.52. The van der Waals surface area contributed by atoms with Crippen LogP contribution in [0.2, 0.25) is 0 Å². The van der Waals surface area contributed by atoms with Gasteiger partial charge in [-0.3, -0.25) is 9.78 Å². The highest BCUT2D eigenvalue weighted by Gasteiger charge is 2.14. The van der Waals surface area contributed by atoms with Crippen LogP contribution in [0.25, 0.3) is 10.9 Å². The minimum atomic E-state index is -0.498. The second kappa shape index (κ2) is 5.10. The highest BCUT2D eigenvalue weighted by molar-refractivity contribution is 5.97. The quantitative estimate of drug-likeness (QED) is 0.781. The number of pyridine rings is 1. The van der Waals surface area contributed by atoms with Gasteiger partial charge in [0.05, 0.1) is 0 Å². The predicted octanol–water partition coefficient (Wildman–Crippen LogP) is 2.05. The topological polar surface area (TPSA) is 42.4 Å². The van der Waals surface area contributed by atoms with Crippen molar-refractivity contribution < 1.29 is 13.9 Å². The van der Waals surface area contributed by atoms with Crippen molar-refractivity contribution in [3.05, 3.63) is 41.8 Å². The summed E-state index contributed by atoms with van der Waals surface area (Å²) in [6, 6.07) is 6.25. The number of hydrogen-bond acceptors (Lipinski definition) is 3. The zero-order chi connectivity index (χ0) is 13.1. The van der Waals surface area contributed by atoms with Crippen LogP contribution >= 0.6 is 0 Å². The molecule has 0 saturated carbocycles. The van der Waals surface area contributed by atoms with Crippen molar-refractivity contribution in [2.24, 2.45) is 0 Å². The van der Waals surface area contributed by atoms with Gasteiger partial charge >= 0.3 is 0 Å². The molecule has 1 amide bonds. The molecular weight excluding hydrogens is 235 g/mol. The molecule has 0 saturated heterocycles. The lowest BCUT2D eigenvalue weighted by atomic mass is 10.1. The van der Waals surface area contributed by atoms with E-state index in [9.17, 15) is 9.18 Å². The molecule has 18 heavy (non-hydrogen) atoms. The number of carbonyl (C=O) groups is 1. The Balaban J connectivity index is 2.43. The standard InChI is InChI=1S/C13H13FN2O2/c1-16(8-18-2)13(17)10-6-9-4-3-5-15-12(9)11(14)7-10/h3-7H,8H2,1-2H3. The number of rotatable bonds is 3. The third kappa shape index (κ3) is 2.31. The third-order valence-corrected chi connectivity index (χ3v) is 2.57. The lowest BCUT2D eigenvalue weighted by Gasteiger charge is -2.16. The number of amides is 1. The Bertz CT molecular complexity index is 586. The molecule has 1 aromatic carbocycles. The molecule has 0 atom stereocenters. The fourth-order valence-corrected chi connectivity index (χ4v) is 1.74. The monoisotopic (exact) mass is 248 g/mol. The van der Waals surface area contributed by atoms with Gasteiger partial charge in [-0.2, -0.15) is 0 Å². The Hall–Kier alpha value is -2.01. The number of hydrogen-bond donors (Lipinski definition) is 0. The van der Waals surface area contributed by atoms with Crippen LogP contribution in [0.5, 0.6) is 0 Å². The van der Waals surface area contributed by atoms with Crippen molar-refractivity contribution in [1.29, 1.82) is 0 Å². The summed E-state index contributed by atoms with van der Waals surface area (Å²) in [7, 11) is 3.09. The molecule has 0 fully saturated rings. The van der Waals surface area contributed by atoms with Gasteiger partial charge in [-0.15, -0.1) is 0 Å². The Kier molecular flexibility index (Phi) is 3.53. The fraction of sp³-hybridized carbons (Fsp3) is 0.231. The van der Waals surface area contributed by atoms with Gasteiger partial charge in [-0.1, -0.05) is 6.07 Å². The van der Waals surface area contributed by atoms with E-state index in [2.05, 4.69) is 4.98 Å². The molecule has 4 nitrogen and oxygen atoms in total. The smallest absolute Gasteiger partial charge is 0.255 e. The van der Waals surface area contributed by atoms with Crippen LogP contribution in [0.3, 0.4) is 0 Å². The number of ether oxygens (including phenoxy) is 1. The highest BCUT2D eigenvalue weighted by atomic mass is 19.1. The number of nitrogens with zero attached hydrogens (tertiary/aromatic N) is 2. The molecule has 0 radical (unpaired) electrons. The number of methoxy groups -OCH3 is 1. The maximum Gasteiger partial charge on any atom is 0.255 e.